The molecule has 27 heavy (non-hydrogen) atoms. The molecule has 0 aromatic rings. The monoisotopic (exact) mass is 379 g/mol. The van der Waals surface area contributed by atoms with E-state index in [0.29, 0.717) is 12.8 Å². The van der Waals surface area contributed by atoms with Gasteiger partial charge in [-0.1, -0.05) is 32.6 Å². The van der Waals surface area contributed by atoms with E-state index >= 15 is 0 Å². The lowest BCUT2D eigenvalue weighted by Crippen LogP contribution is -2.38. The van der Waals surface area contributed by atoms with Crippen LogP contribution in [0.1, 0.15) is 90.4 Å². The van der Waals surface area contributed by atoms with Gasteiger partial charge in [0.1, 0.15) is 12.3 Å². The quantitative estimate of drug-likeness (QED) is 0.425. The van der Waals surface area contributed by atoms with Crippen molar-refractivity contribution in [3.63, 3.8) is 0 Å². The molecular weight excluding hydrogens is 341 g/mol. The van der Waals surface area contributed by atoms with Gasteiger partial charge in [0.2, 0.25) is 0 Å². The van der Waals surface area contributed by atoms with E-state index in [4.69, 9.17) is 4.74 Å². The van der Waals surface area contributed by atoms with Gasteiger partial charge < -0.3 is 4.74 Å². The number of carbonyl (C=O) groups is 1. The lowest BCUT2D eigenvalue weighted by molar-refractivity contribution is -0.161. The summed E-state index contributed by atoms with van der Waals surface area (Å²) in [7, 11) is 0. The first-order valence-electron chi connectivity index (χ1n) is 11.4. The molecule has 0 N–H and O–H groups in total. The maximum absolute atomic E-state index is 14.2. The summed E-state index contributed by atoms with van der Waals surface area (Å²) >= 11 is 0. The predicted molar refractivity (Wildman–Crippen MR) is 108 cm³/mol. The minimum Gasteiger partial charge on any atom is -0.459 e. The summed E-state index contributed by atoms with van der Waals surface area (Å²) in [6, 6.07) is -0.0159. The van der Waals surface area contributed by atoms with E-state index in [9.17, 15) is 9.18 Å². The Bertz CT molecular complexity index is 481. The van der Waals surface area contributed by atoms with E-state index in [2.05, 4.69) is 18.6 Å². The number of aliphatic imine (C=N–C) groups is 1. The average molecular weight is 380 g/mol. The highest BCUT2D eigenvalue weighted by atomic mass is 19.1. The van der Waals surface area contributed by atoms with Crippen LogP contribution in [0.15, 0.2) is 4.99 Å². The van der Waals surface area contributed by atoms with E-state index in [0.717, 1.165) is 49.9 Å². The molecule has 3 rings (SSSR count). The van der Waals surface area contributed by atoms with Gasteiger partial charge in [-0.05, 0) is 75.8 Å². The molecule has 3 saturated carbocycles. The number of ether oxygens (including phenoxy) is 1. The van der Waals surface area contributed by atoms with Gasteiger partial charge in [-0.25, -0.2) is 4.39 Å². The Hall–Kier alpha value is -0.930. The molecule has 0 aliphatic heterocycles. The Kier molecular flexibility index (Phi) is 7.72. The first-order valence-corrected chi connectivity index (χ1v) is 11.4. The number of halogens is 1. The van der Waals surface area contributed by atoms with Crippen LogP contribution in [0.2, 0.25) is 0 Å². The molecule has 3 atom stereocenters. The molecule has 3 aliphatic rings. The van der Waals surface area contributed by atoms with Crippen molar-refractivity contribution in [2.24, 2.45) is 28.7 Å². The first kappa shape index (κ1) is 20.8. The molecule has 0 aromatic carbocycles. The highest BCUT2D eigenvalue weighted by Gasteiger charge is 2.37. The highest BCUT2D eigenvalue weighted by Crippen LogP contribution is 2.42. The summed E-state index contributed by atoms with van der Waals surface area (Å²) < 4.78 is 19.8. The Balaban J connectivity index is 1.39. The van der Waals surface area contributed by atoms with Crippen LogP contribution in [0.5, 0.6) is 0 Å². The van der Waals surface area contributed by atoms with E-state index < -0.39 is 12.3 Å². The van der Waals surface area contributed by atoms with Crippen LogP contribution in [0.3, 0.4) is 0 Å². The first-order chi connectivity index (χ1) is 13.1. The second-order valence-corrected chi connectivity index (χ2v) is 9.32. The van der Waals surface area contributed by atoms with Crippen LogP contribution >= 0.6 is 0 Å². The molecule has 3 aliphatic carbocycles. The van der Waals surface area contributed by atoms with Gasteiger partial charge in [0.05, 0.1) is 12.0 Å². The summed E-state index contributed by atoms with van der Waals surface area (Å²) in [6.45, 7) is 5.80. The van der Waals surface area contributed by atoms with Crippen molar-refractivity contribution in [3.8, 4) is 0 Å². The van der Waals surface area contributed by atoms with Crippen molar-refractivity contribution in [1.82, 2.24) is 0 Å². The van der Waals surface area contributed by atoms with Crippen LogP contribution in [-0.4, -0.2) is 31.0 Å². The summed E-state index contributed by atoms with van der Waals surface area (Å²) in [5.41, 5.74) is 0. The maximum atomic E-state index is 14.2. The minimum absolute atomic E-state index is 0.0138. The predicted octanol–water partition coefficient (Wildman–Crippen LogP) is 5.90. The van der Waals surface area contributed by atoms with Crippen molar-refractivity contribution < 1.29 is 13.9 Å². The molecule has 0 amide bonds. The molecule has 0 spiro atoms. The Morgan fingerprint density at radius 2 is 1.63 bits per heavy atom. The van der Waals surface area contributed by atoms with Gasteiger partial charge in [-0.15, -0.1) is 0 Å². The number of hydrogen-bond donors (Lipinski definition) is 0. The molecule has 4 heteroatoms. The van der Waals surface area contributed by atoms with Gasteiger partial charge >= 0.3 is 5.97 Å². The van der Waals surface area contributed by atoms with E-state index in [-0.39, 0.29) is 17.9 Å². The lowest BCUT2D eigenvalue weighted by Gasteiger charge is -2.38. The van der Waals surface area contributed by atoms with E-state index in [1.165, 1.54) is 38.5 Å². The largest absolute Gasteiger partial charge is 0.459 e. The molecule has 0 heterocycles. The third-order valence-corrected chi connectivity index (χ3v) is 7.57. The molecule has 154 valence electrons. The van der Waals surface area contributed by atoms with Crippen LogP contribution in [0.4, 0.5) is 4.39 Å². The average Bonchev–Trinajstić information content (AvgIpc) is 2.70. The number of nitrogens with zero attached hydrogens (tertiary/aromatic N) is 1. The molecule has 0 bridgehead atoms. The summed E-state index contributed by atoms with van der Waals surface area (Å²) in [5, 5.41) is 0. The zero-order valence-corrected chi connectivity index (χ0v) is 17.1. The topological polar surface area (TPSA) is 38.7 Å². The second-order valence-electron chi connectivity index (χ2n) is 9.32. The fraction of sp³-hybridized carbons (Fsp3) is 0.913. The Labute approximate surface area is 164 Å². The van der Waals surface area contributed by atoms with Crippen LogP contribution in [0.25, 0.3) is 0 Å². The summed E-state index contributed by atoms with van der Waals surface area (Å²) in [6.07, 6.45) is 12.5. The minimum atomic E-state index is -1.09. The number of alkyl halides is 1. The number of rotatable bonds is 6. The van der Waals surface area contributed by atoms with Gasteiger partial charge in [0.25, 0.3) is 0 Å². The summed E-state index contributed by atoms with van der Waals surface area (Å²) in [4.78, 5) is 16.5. The summed E-state index contributed by atoms with van der Waals surface area (Å²) in [5.74, 6) is 2.45. The van der Waals surface area contributed by atoms with Crippen molar-refractivity contribution in [2.45, 2.75) is 109 Å². The van der Waals surface area contributed by atoms with E-state index in [1.54, 1.807) is 0 Å². The number of esters is 1. The van der Waals surface area contributed by atoms with Crippen LogP contribution in [0, 0.1) is 23.7 Å². The van der Waals surface area contributed by atoms with Crippen LogP contribution in [-0.2, 0) is 9.53 Å². The fourth-order valence-electron chi connectivity index (χ4n) is 5.79. The van der Waals surface area contributed by atoms with Gasteiger partial charge in [-0.3, -0.25) is 9.79 Å². The molecule has 3 nitrogen and oxygen atoms in total. The second kappa shape index (κ2) is 10.0. The molecule has 3 fully saturated rings. The van der Waals surface area contributed by atoms with Gasteiger partial charge in [-0.2, -0.15) is 0 Å². The number of carbonyl (C=O) groups excluding carboxylic acids is 1. The van der Waals surface area contributed by atoms with E-state index in [1.807, 2.05) is 0 Å². The normalized spacial score (nSPS) is 40.3. The number of hydrogen-bond acceptors (Lipinski definition) is 3. The lowest BCUT2D eigenvalue weighted by atomic mass is 9.69. The molecule has 0 saturated heterocycles. The van der Waals surface area contributed by atoms with Crippen molar-refractivity contribution >= 4 is 12.7 Å². The maximum Gasteiger partial charge on any atom is 0.309 e. The van der Waals surface area contributed by atoms with Gasteiger partial charge in [0, 0.05) is 6.42 Å². The molecular formula is C23H38FNO2. The van der Waals surface area contributed by atoms with Crippen molar-refractivity contribution in [3.05, 3.63) is 0 Å². The van der Waals surface area contributed by atoms with Gasteiger partial charge in [0.15, 0.2) is 0 Å². The standard InChI is InChI=1S/C23H38FNO2/c1-3-4-16-5-7-17(8-6-16)18-9-11-19(12-10-18)23(26)27-22-14-13-20(25-2)15-21(22)24/h16-22H,2-15H2,1H3. The molecule has 0 radical (unpaired) electrons. The van der Waals surface area contributed by atoms with Crippen LogP contribution < -0.4 is 0 Å². The Morgan fingerprint density at radius 3 is 2.19 bits per heavy atom. The molecule has 0 aromatic heterocycles. The van der Waals surface area contributed by atoms with Crippen molar-refractivity contribution in [2.75, 3.05) is 0 Å². The Morgan fingerprint density at radius 1 is 1.00 bits per heavy atom. The zero-order chi connectivity index (χ0) is 19.2. The van der Waals surface area contributed by atoms with Crippen molar-refractivity contribution in [1.29, 1.82) is 0 Å². The molecule has 3 unspecified atom stereocenters. The third-order valence-electron chi connectivity index (χ3n) is 7.57. The smallest absolute Gasteiger partial charge is 0.309 e. The SMILES string of the molecule is C=NC1CCC(OC(=O)C2CCC(C3CCC(CCC)CC3)CC2)C(F)C1. The zero-order valence-electron chi connectivity index (χ0n) is 17.1. The third kappa shape index (κ3) is 5.54. The highest BCUT2D eigenvalue weighted by molar-refractivity contribution is 5.72. The fourth-order valence-corrected chi connectivity index (χ4v) is 5.79.